The quantitative estimate of drug-likeness (QED) is 0.554. The van der Waals surface area contributed by atoms with Gasteiger partial charge in [0, 0.05) is 22.7 Å². The molecule has 1 aromatic heterocycles. The monoisotopic (exact) mass is 412 g/mol. The number of carbonyl (C=O) groups is 1. The third-order valence-electron chi connectivity index (χ3n) is 4.49. The van der Waals surface area contributed by atoms with E-state index >= 15 is 0 Å². The largest absolute Gasteiger partial charge is 0.422 e. The summed E-state index contributed by atoms with van der Waals surface area (Å²) in [6, 6.07) is 14.2. The SMILES string of the molecule is Cc1ccc(N=C2SCCCN2C(=O)c2cc3ccccc3oc2=O)cc1Cl. The second-order valence-corrected chi connectivity index (χ2v) is 7.94. The highest BCUT2D eigenvalue weighted by molar-refractivity contribution is 8.13. The van der Waals surface area contributed by atoms with Crippen LogP contribution in [0.1, 0.15) is 22.3 Å². The summed E-state index contributed by atoms with van der Waals surface area (Å²) < 4.78 is 5.32. The molecule has 0 N–H and O–H groups in total. The highest BCUT2D eigenvalue weighted by Crippen LogP contribution is 2.27. The van der Waals surface area contributed by atoms with E-state index < -0.39 is 11.5 Å². The fourth-order valence-electron chi connectivity index (χ4n) is 2.96. The van der Waals surface area contributed by atoms with Crippen molar-refractivity contribution in [1.29, 1.82) is 0 Å². The predicted octanol–water partition coefficient (Wildman–Crippen LogP) is 5.02. The van der Waals surface area contributed by atoms with E-state index in [9.17, 15) is 9.59 Å². The fraction of sp³-hybridized carbons (Fsp3) is 0.190. The Balaban J connectivity index is 1.72. The van der Waals surface area contributed by atoms with E-state index in [1.54, 1.807) is 29.2 Å². The molecule has 28 heavy (non-hydrogen) atoms. The molecule has 2 heterocycles. The zero-order chi connectivity index (χ0) is 19.7. The Morgan fingerprint density at radius 3 is 2.86 bits per heavy atom. The van der Waals surface area contributed by atoms with E-state index in [0.29, 0.717) is 33.4 Å². The molecule has 0 unspecified atom stereocenters. The molecule has 1 saturated heterocycles. The van der Waals surface area contributed by atoms with Crippen molar-refractivity contribution in [2.24, 2.45) is 4.99 Å². The Morgan fingerprint density at radius 2 is 2.04 bits per heavy atom. The van der Waals surface area contributed by atoms with Gasteiger partial charge in [0.25, 0.3) is 5.91 Å². The van der Waals surface area contributed by atoms with E-state index in [2.05, 4.69) is 4.99 Å². The second kappa shape index (κ2) is 7.81. The van der Waals surface area contributed by atoms with Crippen LogP contribution in [0.15, 0.2) is 62.7 Å². The summed E-state index contributed by atoms with van der Waals surface area (Å²) in [6.07, 6.45) is 0.822. The zero-order valence-corrected chi connectivity index (χ0v) is 16.7. The number of aryl methyl sites for hydroxylation is 1. The molecular formula is C21H17ClN2O3S. The van der Waals surface area contributed by atoms with Crippen LogP contribution in [0.4, 0.5) is 5.69 Å². The third-order valence-corrected chi connectivity index (χ3v) is 5.96. The van der Waals surface area contributed by atoms with Crippen LogP contribution >= 0.6 is 23.4 Å². The summed E-state index contributed by atoms with van der Waals surface area (Å²) >= 11 is 7.68. The topological polar surface area (TPSA) is 62.9 Å². The fourth-order valence-corrected chi connectivity index (χ4v) is 4.09. The second-order valence-electron chi connectivity index (χ2n) is 6.47. The van der Waals surface area contributed by atoms with Gasteiger partial charge in [-0.2, -0.15) is 0 Å². The molecule has 1 aliphatic rings. The maximum atomic E-state index is 13.1. The molecule has 0 spiro atoms. The summed E-state index contributed by atoms with van der Waals surface area (Å²) in [5.74, 6) is 0.456. The Kier molecular flexibility index (Phi) is 5.24. The van der Waals surface area contributed by atoms with Gasteiger partial charge in [-0.05, 0) is 43.2 Å². The number of thioether (sulfide) groups is 1. The van der Waals surface area contributed by atoms with Gasteiger partial charge in [0.15, 0.2) is 5.17 Å². The van der Waals surface area contributed by atoms with Crippen LogP contribution in [0.5, 0.6) is 0 Å². The van der Waals surface area contributed by atoms with Gasteiger partial charge in [0.05, 0.1) is 5.69 Å². The molecule has 0 radical (unpaired) electrons. The Hall–Kier alpha value is -2.57. The van der Waals surface area contributed by atoms with Crippen molar-refractivity contribution in [3.63, 3.8) is 0 Å². The smallest absolute Gasteiger partial charge is 0.349 e. The molecule has 1 amide bonds. The summed E-state index contributed by atoms with van der Waals surface area (Å²) in [5, 5.41) is 1.89. The standard InChI is InChI=1S/C21H17ClN2O3S/c1-13-7-8-15(12-17(13)22)23-21-24(9-4-10-28-21)19(25)16-11-14-5-2-3-6-18(14)27-20(16)26/h2-3,5-8,11-12H,4,9-10H2,1H3. The maximum absolute atomic E-state index is 13.1. The van der Waals surface area contributed by atoms with Crippen LogP contribution in [0.3, 0.4) is 0 Å². The lowest BCUT2D eigenvalue weighted by Crippen LogP contribution is -2.41. The number of nitrogens with zero attached hydrogens (tertiary/aromatic N) is 2. The Bertz CT molecular complexity index is 1160. The first-order chi connectivity index (χ1) is 13.5. The van der Waals surface area contributed by atoms with Crippen molar-refractivity contribution in [3.05, 3.63) is 75.1 Å². The van der Waals surface area contributed by atoms with Crippen LogP contribution in [0.25, 0.3) is 11.0 Å². The lowest BCUT2D eigenvalue weighted by Gasteiger charge is -2.27. The van der Waals surface area contributed by atoms with Crippen molar-refractivity contribution >= 4 is 51.1 Å². The average Bonchev–Trinajstić information content (AvgIpc) is 2.70. The molecule has 3 aromatic rings. The molecule has 1 fully saturated rings. The Morgan fingerprint density at radius 1 is 1.21 bits per heavy atom. The molecule has 0 aliphatic carbocycles. The van der Waals surface area contributed by atoms with E-state index in [0.717, 1.165) is 17.7 Å². The van der Waals surface area contributed by atoms with Crippen molar-refractivity contribution < 1.29 is 9.21 Å². The third kappa shape index (κ3) is 3.70. The van der Waals surface area contributed by atoms with Crippen molar-refractivity contribution in [2.75, 3.05) is 12.3 Å². The van der Waals surface area contributed by atoms with Gasteiger partial charge in [0.2, 0.25) is 0 Å². The number of hydrogen-bond donors (Lipinski definition) is 0. The number of rotatable bonds is 2. The van der Waals surface area contributed by atoms with Gasteiger partial charge in [-0.1, -0.05) is 47.6 Å². The summed E-state index contributed by atoms with van der Waals surface area (Å²) in [4.78, 5) is 31.7. The minimum absolute atomic E-state index is 0.0100. The number of amidine groups is 1. The van der Waals surface area contributed by atoms with Crippen molar-refractivity contribution in [1.82, 2.24) is 4.90 Å². The van der Waals surface area contributed by atoms with E-state index in [1.807, 2.05) is 31.2 Å². The van der Waals surface area contributed by atoms with Crippen LogP contribution in [-0.2, 0) is 0 Å². The van der Waals surface area contributed by atoms with Gasteiger partial charge in [-0.25, -0.2) is 9.79 Å². The number of hydrogen-bond acceptors (Lipinski definition) is 5. The maximum Gasteiger partial charge on any atom is 0.349 e. The van der Waals surface area contributed by atoms with Gasteiger partial charge in [-0.3, -0.25) is 9.69 Å². The number of benzene rings is 2. The summed E-state index contributed by atoms with van der Waals surface area (Å²) in [7, 11) is 0. The van der Waals surface area contributed by atoms with E-state index in [4.69, 9.17) is 16.0 Å². The number of fused-ring (bicyclic) bond motifs is 1. The lowest BCUT2D eigenvalue weighted by atomic mass is 10.1. The highest BCUT2D eigenvalue weighted by Gasteiger charge is 2.27. The number of amides is 1. The van der Waals surface area contributed by atoms with Crippen molar-refractivity contribution in [3.8, 4) is 0 Å². The average molecular weight is 413 g/mol. The normalized spacial score (nSPS) is 15.9. The van der Waals surface area contributed by atoms with Gasteiger partial charge in [0.1, 0.15) is 11.1 Å². The van der Waals surface area contributed by atoms with Crippen LogP contribution in [-0.4, -0.2) is 28.3 Å². The molecule has 0 atom stereocenters. The van der Waals surface area contributed by atoms with Crippen LogP contribution < -0.4 is 5.63 Å². The number of aliphatic imine (C=N–C) groups is 1. The molecule has 7 heteroatoms. The number of para-hydroxylation sites is 1. The molecular weight excluding hydrogens is 396 g/mol. The molecule has 0 bridgehead atoms. The molecule has 4 rings (SSSR count). The molecule has 2 aromatic carbocycles. The van der Waals surface area contributed by atoms with Crippen LogP contribution in [0.2, 0.25) is 5.02 Å². The summed E-state index contributed by atoms with van der Waals surface area (Å²) in [6.45, 7) is 2.42. The van der Waals surface area contributed by atoms with Gasteiger partial charge in [-0.15, -0.1) is 0 Å². The molecule has 1 aliphatic heterocycles. The number of halogens is 1. The van der Waals surface area contributed by atoms with Crippen LogP contribution in [0, 0.1) is 6.92 Å². The molecule has 0 saturated carbocycles. The minimum atomic E-state index is -0.642. The van der Waals surface area contributed by atoms with Crippen molar-refractivity contribution in [2.45, 2.75) is 13.3 Å². The number of carbonyl (C=O) groups excluding carboxylic acids is 1. The lowest BCUT2D eigenvalue weighted by molar-refractivity contribution is 0.0845. The first-order valence-corrected chi connectivity index (χ1v) is 10.2. The summed E-state index contributed by atoms with van der Waals surface area (Å²) in [5.41, 5.74) is 1.46. The first-order valence-electron chi connectivity index (χ1n) is 8.85. The molecule has 5 nitrogen and oxygen atoms in total. The van der Waals surface area contributed by atoms with E-state index in [-0.39, 0.29) is 5.56 Å². The van der Waals surface area contributed by atoms with Gasteiger partial charge < -0.3 is 4.42 Å². The molecule has 142 valence electrons. The predicted molar refractivity (Wildman–Crippen MR) is 114 cm³/mol. The Labute approximate surface area is 171 Å². The minimum Gasteiger partial charge on any atom is -0.422 e. The zero-order valence-electron chi connectivity index (χ0n) is 15.1. The van der Waals surface area contributed by atoms with Gasteiger partial charge >= 0.3 is 5.63 Å². The highest BCUT2D eigenvalue weighted by atomic mass is 35.5. The first kappa shape index (κ1) is 18.8. The van der Waals surface area contributed by atoms with E-state index in [1.165, 1.54) is 11.8 Å².